The fraction of sp³-hybridized carbons (Fsp3) is 0.0769. The summed E-state index contributed by atoms with van der Waals surface area (Å²) in [5, 5.41) is 22.8. The van der Waals surface area contributed by atoms with Crippen LogP contribution in [0.5, 0.6) is 11.5 Å². The van der Waals surface area contributed by atoms with E-state index >= 15 is 0 Å². The number of hydrogen-bond donors (Lipinski definition) is 3. The van der Waals surface area contributed by atoms with Crippen LogP contribution in [0.25, 0.3) is 0 Å². The number of nitrogens with zero attached hydrogens (tertiary/aromatic N) is 1. The summed E-state index contributed by atoms with van der Waals surface area (Å²) in [5.74, 6) is -0.397. The smallest absolute Gasteiger partial charge is 0.307 e. The molecule has 19 heavy (non-hydrogen) atoms. The van der Waals surface area contributed by atoms with E-state index in [1.54, 1.807) is 13.0 Å². The average Bonchev–Trinajstić information content (AvgIpc) is 2.92. The molecule has 2 rings (SSSR count). The van der Waals surface area contributed by atoms with E-state index in [1.165, 1.54) is 30.5 Å². The first-order valence-corrected chi connectivity index (χ1v) is 5.48. The number of carbonyl (C=O) groups is 1. The summed E-state index contributed by atoms with van der Waals surface area (Å²) in [4.78, 5) is 11.6. The number of carbonyl (C=O) groups excluding carboxylic acids is 1. The van der Waals surface area contributed by atoms with Gasteiger partial charge in [0.05, 0.1) is 12.0 Å². The first-order valence-electron chi connectivity index (χ1n) is 5.48. The van der Waals surface area contributed by atoms with E-state index < -0.39 is 5.91 Å². The van der Waals surface area contributed by atoms with Crippen LogP contribution in [-0.2, 0) is 0 Å². The molecule has 0 saturated heterocycles. The number of benzene rings is 1. The Bertz CT molecular complexity index is 618. The number of nitrogens with one attached hydrogen (secondary N) is 1. The first kappa shape index (κ1) is 12.7. The highest BCUT2D eigenvalue weighted by atomic mass is 16.3. The van der Waals surface area contributed by atoms with Gasteiger partial charge in [-0.05, 0) is 37.3 Å². The summed E-state index contributed by atoms with van der Waals surface area (Å²) < 4.78 is 4.91. The van der Waals surface area contributed by atoms with Gasteiger partial charge in [0.15, 0.2) is 5.76 Å². The van der Waals surface area contributed by atoms with Gasteiger partial charge in [-0.25, -0.2) is 5.43 Å². The minimum absolute atomic E-state index is 0.000267. The van der Waals surface area contributed by atoms with E-state index in [0.29, 0.717) is 11.3 Å². The van der Waals surface area contributed by atoms with E-state index in [1.807, 2.05) is 0 Å². The van der Waals surface area contributed by atoms with E-state index in [-0.39, 0.29) is 17.3 Å². The van der Waals surface area contributed by atoms with Crippen LogP contribution < -0.4 is 5.43 Å². The molecule has 0 aliphatic heterocycles. The topological polar surface area (TPSA) is 95.1 Å². The molecule has 3 N–H and O–H groups in total. The Morgan fingerprint density at radius 1 is 1.32 bits per heavy atom. The molecule has 0 atom stereocenters. The molecule has 1 amide bonds. The molecule has 0 saturated carbocycles. The third-order valence-electron chi connectivity index (χ3n) is 2.44. The number of furan rings is 1. The van der Waals surface area contributed by atoms with Crippen molar-refractivity contribution >= 4 is 11.6 Å². The minimum Gasteiger partial charge on any atom is -0.508 e. The zero-order valence-electron chi connectivity index (χ0n) is 10.1. The number of phenols is 2. The lowest BCUT2D eigenvalue weighted by Crippen LogP contribution is -2.18. The van der Waals surface area contributed by atoms with Crippen molar-refractivity contribution in [3.05, 3.63) is 47.9 Å². The molecule has 0 fully saturated rings. The normalized spacial score (nSPS) is 11.3. The molecule has 6 nitrogen and oxygen atoms in total. The van der Waals surface area contributed by atoms with Gasteiger partial charge in [-0.15, -0.1) is 0 Å². The number of amides is 1. The lowest BCUT2D eigenvalue weighted by atomic mass is 10.1. The molecule has 0 spiro atoms. The fourth-order valence-corrected chi connectivity index (χ4v) is 1.47. The zero-order chi connectivity index (χ0) is 13.8. The number of hydrazone groups is 1. The predicted molar refractivity (Wildman–Crippen MR) is 68.2 cm³/mol. The van der Waals surface area contributed by atoms with Gasteiger partial charge in [0, 0.05) is 5.56 Å². The van der Waals surface area contributed by atoms with E-state index in [2.05, 4.69) is 10.5 Å². The predicted octanol–water partition coefficient (Wildman–Crippen LogP) is 1.84. The first-order chi connectivity index (χ1) is 9.08. The Balaban J connectivity index is 2.15. The summed E-state index contributed by atoms with van der Waals surface area (Å²) in [6.07, 6.45) is 1.38. The highest BCUT2D eigenvalue weighted by molar-refractivity contribution is 6.02. The summed E-state index contributed by atoms with van der Waals surface area (Å²) in [6, 6.07) is 7.15. The molecule has 2 aromatic rings. The number of rotatable bonds is 3. The monoisotopic (exact) mass is 260 g/mol. The zero-order valence-corrected chi connectivity index (χ0v) is 10.1. The maximum Gasteiger partial charge on any atom is 0.307 e. The Hall–Kier alpha value is -2.76. The standard InChI is InChI=1S/C13H12N2O4/c1-8(10-7-9(16)4-5-11(10)17)14-15-13(18)12-3-2-6-19-12/h2-7,16-17H,1H3,(H,15,18)/b14-8-. The molecule has 1 aromatic carbocycles. The van der Waals surface area contributed by atoms with Gasteiger partial charge in [0.1, 0.15) is 11.5 Å². The fourth-order valence-electron chi connectivity index (χ4n) is 1.47. The van der Waals surface area contributed by atoms with Gasteiger partial charge in [-0.1, -0.05) is 0 Å². The quantitative estimate of drug-likeness (QED) is 0.446. The van der Waals surface area contributed by atoms with Crippen LogP contribution in [0.1, 0.15) is 23.0 Å². The van der Waals surface area contributed by atoms with Crippen molar-refractivity contribution in [1.29, 1.82) is 0 Å². The third kappa shape index (κ3) is 2.92. The molecule has 0 aliphatic rings. The highest BCUT2D eigenvalue weighted by Gasteiger charge is 2.09. The lowest BCUT2D eigenvalue weighted by molar-refractivity contribution is 0.0927. The number of aromatic hydroxyl groups is 2. The lowest BCUT2D eigenvalue weighted by Gasteiger charge is -2.05. The van der Waals surface area contributed by atoms with Crippen molar-refractivity contribution in [2.24, 2.45) is 5.10 Å². The molecular weight excluding hydrogens is 248 g/mol. The van der Waals surface area contributed by atoms with E-state index in [4.69, 9.17) is 4.42 Å². The molecule has 1 heterocycles. The molecule has 0 unspecified atom stereocenters. The van der Waals surface area contributed by atoms with Crippen molar-refractivity contribution in [1.82, 2.24) is 5.43 Å². The van der Waals surface area contributed by atoms with Gasteiger partial charge in [-0.3, -0.25) is 4.79 Å². The Kier molecular flexibility index (Phi) is 3.51. The molecule has 0 aliphatic carbocycles. The van der Waals surface area contributed by atoms with Crippen molar-refractivity contribution in [2.75, 3.05) is 0 Å². The van der Waals surface area contributed by atoms with Crippen LogP contribution in [0.15, 0.2) is 46.1 Å². The second kappa shape index (κ2) is 5.26. The maximum absolute atomic E-state index is 11.6. The molecule has 0 bridgehead atoms. The van der Waals surface area contributed by atoms with Crippen molar-refractivity contribution in [2.45, 2.75) is 6.92 Å². The van der Waals surface area contributed by atoms with Gasteiger partial charge >= 0.3 is 5.91 Å². The van der Waals surface area contributed by atoms with Crippen LogP contribution in [0.2, 0.25) is 0 Å². The van der Waals surface area contributed by atoms with Gasteiger partial charge in [0.2, 0.25) is 0 Å². The second-order valence-corrected chi connectivity index (χ2v) is 3.82. The minimum atomic E-state index is -0.496. The average molecular weight is 260 g/mol. The Morgan fingerprint density at radius 3 is 2.79 bits per heavy atom. The van der Waals surface area contributed by atoms with Gasteiger partial charge < -0.3 is 14.6 Å². The maximum atomic E-state index is 11.6. The number of phenolic OH excluding ortho intramolecular Hbond substituents is 2. The number of hydrogen-bond acceptors (Lipinski definition) is 5. The third-order valence-corrected chi connectivity index (χ3v) is 2.44. The Morgan fingerprint density at radius 2 is 2.11 bits per heavy atom. The molecule has 6 heteroatoms. The summed E-state index contributed by atoms with van der Waals surface area (Å²) in [7, 11) is 0. The van der Waals surface area contributed by atoms with Crippen molar-refractivity contribution in [3.63, 3.8) is 0 Å². The van der Waals surface area contributed by atoms with Crippen molar-refractivity contribution in [3.8, 4) is 11.5 Å². The second-order valence-electron chi connectivity index (χ2n) is 3.82. The summed E-state index contributed by atoms with van der Waals surface area (Å²) in [5.41, 5.74) is 2.98. The van der Waals surface area contributed by atoms with Crippen LogP contribution in [0.3, 0.4) is 0 Å². The summed E-state index contributed by atoms with van der Waals surface area (Å²) in [6.45, 7) is 1.59. The van der Waals surface area contributed by atoms with Gasteiger partial charge in [-0.2, -0.15) is 5.10 Å². The molecule has 1 aromatic heterocycles. The van der Waals surface area contributed by atoms with E-state index in [0.717, 1.165) is 0 Å². The summed E-state index contributed by atoms with van der Waals surface area (Å²) >= 11 is 0. The highest BCUT2D eigenvalue weighted by Crippen LogP contribution is 2.22. The van der Waals surface area contributed by atoms with Crippen LogP contribution in [0, 0.1) is 0 Å². The molecule has 98 valence electrons. The van der Waals surface area contributed by atoms with E-state index in [9.17, 15) is 15.0 Å². The van der Waals surface area contributed by atoms with Crippen LogP contribution in [0.4, 0.5) is 0 Å². The molecule has 0 radical (unpaired) electrons. The van der Waals surface area contributed by atoms with Crippen LogP contribution >= 0.6 is 0 Å². The largest absolute Gasteiger partial charge is 0.508 e. The SMILES string of the molecule is C/C(=N/NC(=O)c1ccco1)c1cc(O)ccc1O. The Labute approximate surface area is 109 Å². The molecular formula is C13H12N2O4. The van der Waals surface area contributed by atoms with Gasteiger partial charge in [0.25, 0.3) is 0 Å². The van der Waals surface area contributed by atoms with Crippen molar-refractivity contribution < 1.29 is 19.4 Å². The van der Waals surface area contributed by atoms with Crippen LogP contribution in [-0.4, -0.2) is 21.8 Å².